The average Bonchev–Trinajstić information content (AvgIpc) is 2.34. The van der Waals surface area contributed by atoms with Crippen LogP contribution in [0.3, 0.4) is 0 Å². The van der Waals surface area contributed by atoms with Crippen molar-refractivity contribution in [1.82, 2.24) is 4.98 Å². The summed E-state index contributed by atoms with van der Waals surface area (Å²) in [6, 6.07) is 9.90. The third kappa shape index (κ3) is 3.46. The highest BCUT2D eigenvalue weighted by Crippen LogP contribution is 2.32. The Morgan fingerprint density at radius 1 is 1.18 bits per heavy atom. The summed E-state index contributed by atoms with van der Waals surface area (Å²) in [5, 5.41) is 0.752. The summed E-state index contributed by atoms with van der Waals surface area (Å²) in [6.45, 7) is 0.644. The number of nitrogens with zero attached hydrogens (tertiary/aromatic N) is 1. The first-order valence-electron chi connectivity index (χ1n) is 5.36. The zero-order chi connectivity index (χ0) is 12.1. The molecule has 0 bridgehead atoms. The Labute approximate surface area is 110 Å². The Balaban J connectivity index is 2.27. The van der Waals surface area contributed by atoms with Crippen LogP contribution in [0.5, 0.6) is 0 Å². The summed E-state index contributed by atoms with van der Waals surface area (Å²) < 4.78 is 0. The van der Waals surface area contributed by atoms with Gasteiger partial charge in [0.15, 0.2) is 0 Å². The predicted molar refractivity (Wildman–Crippen MR) is 72.6 cm³/mol. The van der Waals surface area contributed by atoms with E-state index >= 15 is 0 Å². The third-order valence-corrected chi connectivity index (χ3v) is 3.66. The number of nitrogens with two attached hydrogens (primary N) is 1. The van der Waals surface area contributed by atoms with Crippen molar-refractivity contribution in [1.29, 1.82) is 0 Å². The van der Waals surface area contributed by atoms with E-state index in [1.54, 1.807) is 24.2 Å². The van der Waals surface area contributed by atoms with Crippen LogP contribution in [0.4, 0.5) is 0 Å². The highest BCUT2D eigenvalue weighted by atomic mass is 35.5. The molecule has 0 saturated heterocycles. The lowest BCUT2D eigenvalue weighted by atomic mass is 10.1. The number of rotatable bonds is 4. The molecule has 0 unspecified atom stereocenters. The second kappa shape index (κ2) is 6.05. The molecule has 2 N–H and O–H groups in total. The maximum absolute atomic E-state index is 6.03. The molecular formula is C13H13ClN2S. The SMILES string of the molecule is NCCc1ccc(Cl)cc1Sc1ccncc1. The Bertz CT molecular complexity index is 488. The molecule has 0 fully saturated rings. The number of pyridine rings is 1. The first kappa shape index (κ1) is 12.4. The first-order chi connectivity index (χ1) is 8.29. The zero-order valence-corrected chi connectivity index (χ0v) is 10.8. The molecule has 0 radical (unpaired) electrons. The van der Waals surface area contributed by atoms with E-state index in [0.29, 0.717) is 6.54 Å². The molecule has 2 nitrogen and oxygen atoms in total. The van der Waals surface area contributed by atoms with E-state index in [1.165, 1.54) is 5.56 Å². The Hall–Kier alpha value is -1.03. The highest BCUT2D eigenvalue weighted by molar-refractivity contribution is 7.99. The second-order valence-electron chi connectivity index (χ2n) is 3.58. The molecule has 0 amide bonds. The van der Waals surface area contributed by atoms with E-state index < -0.39 is 0 Å². The molecule has 0 aliphatic rings. The minimum atomic E-state index is 0.644. The van der Waals surface area contributed by atoms with Gasteiger partial charge in [0.2, 0.25) is 0 Å². The van der Waals surface area contributed by atoms with Gasteiger partial charge < -0.3 is 5.73 Å². The quantitative estimate of drug-likeness (QED) is 0.920. The van der Waals surface area contributed by atoms with E-state index in [1.807, 2.05) is 30.3 Å². The summed E-state index contributed by atoms with van der Waals surface area (Å²) >= 11 is 7.71. The van der Waals surface area contributed by atoms with Gasteiger partial charge in [0.05, 0.1) is 0 Å². The lowest BCUT2D eigenvalue weighted by Gasteiger charge is -2.08. The van der Waals surface area contributed by atoms with Gasteiger partial charge in [0.25, 0.3) is 0 Å². The van der Waals surface area contributed by atoms with Gasteiger partial charge in [0, 0.05) is 27.2 Å². The van der Waals surface area contributed by atoms with Crippen LogP contribution >= 0.6 is 23.4 Å². The lowest BCUT2D eigenvalue weighted by Crippen LogP contribution is -2.03. The summed E-state index contributed by atoms with van der Waals surface area (Å²) in [7, 11) is 0. The van der Waals surface area contributed by atoms with E-state index in [4.69, 9.17) is 17.3 Å². The number of halogens is 1. The van der Waals surface area contributed by atoms with Crippen LogP contribution in [-0.4, -0.2) is 11.5 Å². The molecule has 2 aromatic rings. The van der Waals surface area contributed by atoms with E-state index in [0.717, 1.165) is 21.2 Å². The molecule has 1 aromatic carbocycles. The Morgan fingerprint density at radius 2 is 1.94 bits per heavy atom. The minimum absolute atomic E-state index is 0.644. The maximum Gasteiger partial charge on any atom is 0.0417 e. The van der Waals surface area contributed by atoms with E-state index in [9.17, 15) is 0 Å². The molecule has 0 aliphatic heterocycles. The fourth-order valence-corrected chi connectivity index (χ4v) is 2.75. The van der Waals surface area contributed by atoms with E-state index in [2.05, 4.69) is 4.98 Å². The van der Waals surface area contributed by atoms with Crippen molar-refractivity contribution in [2.75, 3.05) is 6.54 Å². The molecule has 0 atom stereocenters. The van der Waals surface area contributed by atoms with Crippen molar-refractivity contribution in [3.63, 3.8) is 0 Å². The smallest absolute Gasteiger partial charge is 0.0417 e. The molecule has 2 rings (SSSR count). The van der Waals surface area contributed by atoms with Gasteiger partial charge in [-0.25, -0.2) is 0 Å². The fourth-order valence-electron chi connectivity index (χ4n) is 1.52. The Kier molecular flexibility index (Phi) is 4.42. The van der Waals surface area contributed by atoms with Gasteiger partial charge >= 0.3 is 0 Å². The molecule has 17 heavy (non-hydrogen) atoms. The summed E-state index contributed by atoms with van der Waals surface area (Å²) in [5.74, 6) is 0. The van der Waals surface area contributed by atoms with Crippen molar-refractivity contribution in [3.8, 4) is 0 Å². The third-order valence-electron chi connectivity index (χ3n) is 2.32. The normalized spacial score (nSPS) is 10.5. The summed E-state index contributed by atoms with van der Waals surface area (Å²) in [5.41, 5.74) is 6.84. The van der Waals surface area contributed by atoms with Crippen LogP contribution in [0.2, 0.25) is 5.02 Å². The second-order valence-corrected chi connectivity index (χ2v) is 5.13. The molecule has 4 heteroatoms. The molecule has 1 aromatic heterocycles. The van der Waals surface area contributed by atoms with E-state index in [-0.39, 0.29) is 0 Å². The fraction of sp³-hybridized carbons (Fsp3) is 0.154. The van der Waals surface area contributed by atoms with Crippen LogP contribution in [0, 0.1) is 0 Å². The number of benzene rings is 1. The van der Waals surface area contributed by atoms with Crippen molar-refractivity contribution >= 4 is 23.4 Å². The van der Waals surface area contributed by atoms with Crippen LogP contribution in [0.15, 0.2) is 52.5 Å². The van der Waals surface area contributed by atoms with Gasteiger partial charge in [-0.3, -0.25) is 4.98 Å². The number of aromatic nitrogens is 1. The molecular weight excluding hydrogens is 252 g/mol. The highest BCUT2D eigenvalue weighted by Gasteiger charge is 2.05. The largest absolute Gasteiger partial charge is 0.330 e. The number of hydrogen-bond acceptors (Lipinski definition) is 3. The molecule has 0 spiro atoms. The van der Waals surface area contributed by atoms with Crippen molar-refractivity contribution in [2.24, 2.45) is 5.73 Å². The Morgan fingerprint density at radius 3 is 2.65 bits per heavy atom. The molecule has 88 valence electrons. The molecule has 0 aliphatic carbocycles. The van der Waals surface area contributed by atoms with Crippen LogP contribution in [0.25, 0.3) is 0 Å². The number of hydrogen-bond donors (Lipinski definition) is 1. The van der Waals surface area contributed by atoms with Crippen molar-refractivity contribution in [3.05, 3.63) is 53.3 Å². The van der Waals surface area contributed by atoms with Crippen LogP contribution in [0.1, 0.15) is 5.56 Å². The minimum Gasteiger partial charge on any atom is -0.330 e. The van der Waals surface area contributed by atoms with Crippen molar-refractivity contribution < 1.29 is 0 Å². The monoisotopic (exact) mass is 264 g/mol. The molecule has 0 saturated carbocycles. The van der Waals surface area contributed by atoms with Crippen LogP contribution < -0.4 is 5.73 Å². The standard InChI is InChI=1S/C13H13ClN2S/c14-11-2-1-10(3-6-15)13(9-11)17-12-4-7-16-8-5-12/h1-2,4-5,7-9H,3,6,15H2. The topological polar surface area (TPSA) is 38.9 Å². The predicted octanol–water partition coefficient (Wildman–Crippen LogP) is 3.39. The van der Waals surface area contributed by atoms with Gasteiger partial charge in [0.1, 0.15) is 0 Å². The van der Waals surface area contributed by atoms with Gasteiger partial charge in [-0.2, -0.15) is 0 Å². The first-order valence-corrected chi connectivity index (χ1v) is 6.55. The zero-order valence-electron chi connectivity index (χ0n) is 9.27. The van der Waals surface area contributed by atoms with Gasteiger partial charge in [-0.05, 0) is 42.8 Å². The summed E-state index contributed by atoms with van der Waals surface area (Å²) in [6.07, 6.45) is 4.44. The summed E-state index contributed by atoms with van der Waals surface area (Å²) in [4.78, 5) is 6.32. The molecule has 1 heterocycles. The van der Waals surface area contributed by atoms with Gasteiger partial charge in [-0.15, -0.1) is 0 Å². The average molecular weight is 265 g/mol. The van der Waals surface area contributed by atoms with Crippen molar-refractivity contribution in [2.45, 2.75) is 16.2 Å². The lowest BCUT2D eigenvalue weighted by molar-refractivity contribution is 0.944. The van der Waals surface area contributed by atoms with Gasteiger partial charge in [-0.1, -0.05) is 29.4 Å². The maximum atomic E-state index is 6.03. The van der Waals surface area contributed by atoms with Crippen LogP contribution in [-0.2, 0) is 6.42 Å².